The Labute approximate surface area is 202 Å². The minimum atomic E-state index is -0.616. The van der Waals surface area contributed by atoms with Crippen LogP contribution in [-0.4, -0.2) is 66.5 Å². The van der Waals surface area contributed by atoms with Gasteiger partial charge in [-0.2, -0.15) is 0 Å². The van der Waals surface area contributed by atoms with E-state index in [1.165, 1.54) is 11.3 Å². The molecule has 2 aromatic rings. The largest absolute Gasteiger partial charge is 0.454 e. The molecule has 1 N–H and O–H groups in total. The molecule has 0 saturated carbocycles. The summed E-state index contributed by atoms with van der Waals surface area (Å²) in [6, 6.07) is 8.16. The van der Waals surface area contributed by atoms with Crippen LogP contribution in [0.4, 0.5) is 0 Å². The van der Waals surface area contributed by atoms with Gasteiger partial charge in [0.25, 0.3) is 11.8 Å². The molecule has 3 aliphatic heterocycles. The summed E-state index contributed by atoms with van der Waals surface area (Å²) in [6.07, 6.45) is 4.44. The SMILES string of the molecule is O=C(NC(C(=O)N1CCCCC1)C1CCN(C(=O)c2cccs2)CC1)c1ccc2c(c1)OCO2. The van der Waals surface area contributed by atoms with Gasteiger partial charge in [-0.25, -0.2) is 0 Å². The van der Waals surface area contributed by atoms with Crippen LogP contribution in [0.2, 0.25) is 0 Å². The molecule has 1 unspecified atom stereocenters. The standard InChI is InChI=1S/C25H29N3O5S/c29-23(18-6-7-19-20(15-18)33-16-32-19)26-22(25(31)27-10-2-1-3-11-27)17-8-12-28(13-9-17)24(30)21-5-4-14-34-21/h4-7,14-15,17,22H,1-3,8-13,16H2,(H,26,29). The molecule has 2 fully saturated rings. The van der Waals surface area contributed by atoms with Gasteiger partial charge in [0.2, 0.25) is 12.7 Å². The van der Waals surface area contributed by atoms with E-state index in [4.69, 9.17) is 9.47 Å². The minimum absolute atomic E-state index is 0.0168. The molecule has 5 rings (SSSR count). The lowest BCUT2D eigenvalue weighted by molar-refractivity contribution is -0.136. The average molecular weight is 484 g/mol. The molecule has 180 valence electrons. The zero-order valence-corrected chi connectivity index (χ0v) is 19.9. The van der Waals surface area contributed by atoms with Gasteiger partial charge in [-0.05, 0) is 67.7 Å². The Hall–Kier alpha value is -3.07. The fourth-order valence-corrected chi connectivity index (χ4v) is 5.64. The van der Waals surface area contributed by atoms with E-state index in [2.05, 4.69) is 5.32 Å². The van der Waals surface area contributed by atoms with Crippen molar-refractivity contribution in [3.05, 3.63) is 46.2 Å². The molecule has 0 aliphatic carbocycles. The van der Waals surface area contributed by atoms with Crippen molar-refractivity contribution in [2.45, 2.75) is 38.1 Å². The number of carbonyl (C=O) groups excluding carboxylic acids is 3. The van der Waals surface area contributed by atoms with E-state index in [9.17, 15) is 14.4 Å². The van der Waals surface area contributed by atoms with Gasteiger partial charge in [-0.3, -0.25) is 14.4 Å². The minimum Gasteiger partial charge on any atom is -0.454 e. The number of likely N-dealkylation sites (tertiary alicyclic amines) is 2. The second-order valence-corrected chi connectivity index (χ2v) is 9.96. The normalized spacial score (nSPS) is 19.1. The molecule has 34 heavy (non-hydrogen) atoms. The monoisotopic (exact) mass is 483 g/mol. The van der Waals surface area contributed by atoms with Crippen molar-refractivity contribution < 1.29 is 23.9 Å². The number of carbonyl (C=O) groups is 3. The summed E-state index contributed by atoms with van der Waals surface area (Å²) >= 11 is 1.44. The third-order valence-corrected chi connectivity index (χ3v) is 7.74. The molecular weight excluding hydrogens is 454 g/mol. The lowest BCUT2D eigenvalue weighted by Crippen LogP contribution is -2.55. The second kappa shape index (κ2) is 10.0. The fourth-order valence-electron chi connectivity index (χ4n) is 4.95. The van der Waals surface area contributed by atoms with Gasteiger partial charge in [-0.1, -0.05) is 6.07 Å². The van der Waals surface area contributed by atoms with Gasteiger partial charge in [-0.15, -0.1) is 11.3 Å². The van der Waals surface area contributed by atoms with Crippen LogP contribution >= 0.6 is 11.3 Å². The molecular formula is C25H29N3O5S. The molecule has 3 amide bonds. The zero-order valence-electron chi connectivity index (χ0n) is 19.0. The van der Waals surface area contributed by atoms with Crippen LogP contribution < -0.4 is 14.8 Å². The molecule has 0 spiro atoms. The highest BCUT2D eigenvalue weighted by atomic mass is 32.1. The molecule has 8 nitrogen and oxygen atoms in total. The number of nitrogens with zero attached hydrogens (tertiary/aromatic N) is 2. The first-order chi connectivity index (χ1) is 16.6. The number of hydrogen-bond acceptors (Lipinski definition) is 6. The Morgan fingerprint density at radius 2 is 1.71 bits per heavy atom. The maximum atomic E-state index is 13.5. The summed E-state index contributed by atoms with van der Waals surface area (Å²) in [5.41, 5.74) is 0.436. The number of nitrogens with one attached hydrogen (secondary N) is 1. The quantitative estimate of drug-likeness (QED) is 0.706. The molecule has 1 atom stereocenters. The van der Waals surface area contributed by atoms with Crippen LogP contribution in [0.3, 0.4) is 0 Å². The highest BCUT2D eigenvalue weighted by Crippen LogP contribution is 2.33. The highest BCUT2D eigenvalue weighted by Gasteiger charge is 2.37. The maximum Gasteiger partial charge on any atom is 0.263 e. The third kappa shape index (κ3) is 4.75. The van der Waals surface area contributed by atoms with Gasteiger partial charge < -0.3 is 24.6 Å². The van der Waals surface area contributed by atoms with E-state index in [1.807, 2.05) is 27.3 Å². The first kappa shape index (κ1) is 22.7. The number of piperidine rings is 2. The number of amides is 3. The molecule has 3 aliphatic rings. The number of benzene rings is 1. The second-order valence-electron chi connectivity index (χ2n) is 9.01. The Bertz CT molecular complexity index is 1040. The van der Waals surface area contributed by atoms with Gasteiger partial charge in [0.1, 0.15) is 6.04 Å². The van der Waals surface area contributed by atoms with Crippen molar-refractivity contribution in [3.63, 3.8) is 0 Å². The Morgan fingerprint density at radius 1 is 0.941 bits per heavy atom. The summed E-state index contributed by atoms with van der Waals surface area (Å²) in [6.45, 7) is 2.74. The summed E-state index contributed by atoms with van der Waals surface area (Å²) in [4.78, 5) is 43.9. The van der Waals surface area contributed by atoms with Crippen LogP contribution in [0.5, 0.6) is 11.5 Å². The van der Waals surface area contributed by atoms with Crippen molar-refractivity contribution in [1.82, 2.24) is 15.1 Å². The molecule has 9 heteroatoms. The van der Waals surface area contributed by atoms with E-state index in [1.54, 1.807) is 18.2 Å². The van der Waals surface area contributed by atoms with Crippen molar-refractivity contribution >= 4 is 29.1 Å². The lowest BCUT2D eigenvalue weighted by atomic mass is 9.87. The summed E-state index contributed by atoms with van der Waals surface area (Å²) in [5, 5.41) is 4.94. The van der Waals surface area contributed by atoms with Gasteiger partial charge >= 0.3 is 0 Å². The van der Waals surface area contributed by atoms with Crippen LogP contribution in [0.15, 0.2) is 35.7 Å². The molecule has 1 aromatic carbocycles. The number of hydrogen-bond donors (Lipinski definition) is 1. The third-order valence-electron chi connectivity index (χ3n) is 6.89. The smallest absolute Gasteiger partial charge is 0.263 e. The fraction of sp³-hybridized carbons (Fsp3) is 0.480. The average Bonchev–Trinajstić information content (AvgIpc) is 3.59. The molecule has 0 radical (unpaired) electrons. The predicted molar refractivity (Wildman–Crippen MR) is 127 cm³/mol. The molecule has 0 bridgehead atoms. The maximum absolute atomic E-state index is 13.5. The van der Waals surface area contributed by atoms with E-state index < -0.39 is 6.04 Å². The van der Waals surface area contributed by atoms with Crippen LogP contribution in [0.25, 0.3) is 0 Å². The molecule has 4 heterocycles. The van der Waals surface area contributed by atoms with Crippen LogP contribution in [0, 0.1) is 5.92 Å². The topological polar surface area (TPSA) is 88.2 Å². The van der Waals surface area contributed by atoms with E-state index in [-0.39, 0.29) is 30.4 Å². The lowest BCUT2D eigenvalue weighted by Gasteiger charge is -2.38. The first-order valence-electron chi connectivity index (χ1n) is 11.9. The number of fused-ring (bicyclic) bond motifs is 1. The molecule has 1 aromatic heterocycles. The van der Waals surface area contributed by atoms with Gasteiger partial charge in [0.05, 0.1) is 4.88 Å². The first-order valence-corrected chi connectivity index (χ1v) is 12.8. The van der Waals surface area contributed by atoms with Crippen LogP contribution in [0.1, 0.15) is 52.1 Å². The Kier molecular flexibility index (Phi) is 6.71. The Balaban J connectivity index is 1.30. The summed E-state index contributed by atoms with van der Waals surface area (Å²) < 4.78 is 10.7. The number of ether oxygens (including phenoxy) is 2. The zero-order chi connectivity index (χ0) is 23.5. The van der Waals surface area contributed by atoms with Gasteiger partial charge in [0.15, 0.2) is 11.5 Å². The van der Waals surface area contributed by atoms with Crippen molar-refractivity contribution in [3.8, 4) is 11.5 Å². The van der Waals surface area contributed by atoms with E-state index >= 15 is 0 Å². The Morgan fingerprint density at radius 3 is 2.44 bits per heavy atom. The van der Waals surface area contributed by atoms with Crippen LogP contribution in [-0.2, 0) is 4.79 Å². The predicted octanol–water partition coefficient (Wildman–Crippen LogP) is 3.14. The van der Waals surface area contributed by atoms with E-state index in [0.717, 1.165) is 37.2 Å². The highest BCUT2D eigenvalue weighted by molar-refractivity contribution is 7.12. The van der Waals surface area contributed by atoms with Crippen molar-refractivity contribution in [2.75, 3.05) is 33.0 Å². The van der Waals surface area contributed by atoms with Crippen molar-refractivity contribution in [2.24, 2.45) is 5.92 Å². The molecule has 2 saturated heterocycles. The van der Waals surface area contributed by atoms with Crippen molar-refractivity contribution in [1.29, 1.82) is 0 Å². The number of rotatable bonds is 5. The van der Waals surface area contributed by atoms with Gasteiger partial charge in [0, 0.05) is 31.7 Å². The van der Waals surface area contributed by atoms with E-state index in [0.29, 0.717) is 43.0 Å². The summed E-state index contributed by atoms with van der Waals surface area (Å²) in [7, 11) is 0. The number of thiophene rings is 1. The summed E-state index contributed by atoms with van der Waals surface area (Å²) in [5.74, 6) is 0.839.